The highest BCUT2D eigenvalue weighted by Gasteiger charge is 2.02. The minimum atomic E-state index is -0.588. The molecule has 14 heavy (non-hydrogen) atoms. The third kappa shape index (κ3) is 3.74. The zero-order valence-electron chi connectivity index (χ0n) is 7.30. The van der Waals surface area contributed by atoms with Gasteiger partial charge in [-0.05, 0) is 18.2 Å². The fourth-order valence-corrected chi connectivity index (χ4v) is 1.01. The minimum absolute atomic E-state index is 0.279. The van der Waals surface area contributed by atoms with E-state index in [1.807, 2.05) is 0 Å². The van der Waals surface area contributed by atoms with E-state index in [0.717, 1.165) is 0 Å². The molecule has 1 N–H and O–H groups in total. The molecule has 0 saturated carbocycles. The van der Waals surface area contributed by atoms with Crippen molar-refractivity contribution in [3.63, 3.8) is 0 Å². The number of nitrogens with one attached hydrogen (secondary N) is 1. The summed E-state index contributed by atoms with van der Waals surface area (Å²) < 4.78 is 17.4. The van der Waals surface area contributed by atoms with Crippen LogP contribution in [0.5, 0.6) is 0 Å². The topological polar surface area (TPSA) is 38.3 Å². The van der Waals surface area contributed by atoms with Crippen molar-refractivity contribution >= 4 is 27.7 Å². The fraction of sp³-hybridized carbons (Fsp3) is 0.222. The first-order valence-electron chi connectivity index (χ1n) is 3.97. The number of benzene rings is 1. The van der Waals surface area contributed by atoms with Crippen LogP contribution in [0.1, 0.15) is 0 Å². The van der Waals surface area contributed by atoms with Gasteiger partial charge in [0.25, 0.3) is 0 Å². The van der Waals surface area contributed by atoms with Gasteiger partial charge in [-0.3, -0.25) is 5.32 Å². The number of anilines is 1. The highest BCUT2D eigenvalue weighted by molar-refractivity contribution is 9.09. The van der Waals surface area contributed by atoms with Crippen LogP contribution in [0.2, 0.25) is 0 Å². The van der Waals surface area contributed by atoms with E-state index in [0.29, 0.717) is 11.0 Å². The number of ether oxygens (including phenoxy) is 1. The molecule has 0 spiro atoms. The lowest BCUT2D eigenvalue weighted by molar-refractivity contribution is 0.169. The van der Waals surface area contributed by atoms with Crippen LogP contribution in [-0.4, -0.2) is 18.0 Å². The molecule has 0 aliphatic heterocycles. The van der Waals surface area contributed by atoms with E-state index in [-0.39, 0.29) is 6.61 Å². The molecule has 0 unspecified atom stereocenters. The predicted molar refractivity (Wildman–Crippen MR) is 55.2 cm³/mol. The zero-order valence-corrected chi connectivity index (χ0v) is 8.88. The Balaban J connectivity index is 2.47. The summed E-state index contributed by atoms with van der Waals surface area (Å²) in [5, 5.41) is 2.97. The first kappa shape index (κ1) is 11.0. The standard InChI is InChI=1S/C9H9BrFNO2/c10-4-5-14-9(13)12-8-3-1-2-7(11)6-8/h1-3,6H,4-5H2,(H,12,13). The second-order valence-electron chi connectivity index (χ2n) is 2.46. The molecule has 5 heteroatoms. The van der Waals surface area contributed by atoms with Crippen molar-refractivity contribution < 1.29 is 13.9 Å². The zero-order chi connectivity index (χ0) is 10.4. The molecule has 1 aromatic rings. The Morgan fingerprint density at radius 1 is 1.57 bits per heavy atom. The van der Waals surface area contributed by atoms with E-state index in [1.165, 1.54) is 18.2 Å². The van der Waals surface area contributed by atoms with Gasteiger partial charge in [0.15, 0.2) is 0 Å². The third-order valence-corrected chi connectivity index (χ3v) is 1.71. The van der Waals surface area contributed by atoms with Gasteiger partial charge < -0.3 is 4.74 Å². The number of alkyl halides is 1. The maximum atomic E-state index is 12.7. The smallest absolute Gasteiger partial charge is 0.411 e. The predicted octanol–water partition coefficient (Wildman–Crippen LogP) is 2.77. The number of carbonyl (C=O) groups is 1. The van der Waals surface area contributed by atoms with Crippen molar-refractivity contribution in [2.45, 2.75) is 0 Å². The van der Waals surface area contributed by atoms with Gasteiger partial charge in [-0.25, -0.2) is 9.18 Å². The lowest BCUT2D eigenvalue weighted by Gasteiger charge is -2.05. The van der Waals surface area contributed by atoms with E-state index < -0.39 is 11.9 Å². The van der Waals surface area contributed by atoms with Gasteiger partial charge in [-0.15, -0.1) is 0 Å². The summed E-state index contributed by atoms with van der Waals surface area (Å²) in [6.45, 7) is 0.279. The van der Waals surface area contributed by atoms with Crippen molar-refractivity contribution in [2.24, 2.45) is 0 Å². The fourth-order valence-electron chi connectivity index (χ4n) is 0.851. The van der Waals surface area contributed by atoms with Crippen molar-refractivity contribution in [2.75, 3.05) is 17.3 Å². The van der Waals surface area contributed by atoms with Gasteiger partial charge in [0, 0.05) is 11.0 Å². The molecule has 0 radical (unpaired) electrons. The molecular weight excluding hydrogens is 253 g/mol. The highest BCUT2D eigenvalue weighted by Crippen LogP contribution is 2.09. The van der Waals surface area contributed by atoms with E-state index in [9.17, 15) is 9.18 Å². The van der Waals surface area contributed by atoms with Crippen LogP contribution >= 0.6 is 15.9 Å². The van der Waals surface area contributed by atoms with Crippen LogP contribution < -0.4 is 5.32 Å². The maximum absolute atomic E-state index is 12.7. The second-order valence-corrected chi connectivity index (χ2v) is 3.25. The lowest BCUT2D eigenvalue weighted by atomic mass is 10.3. The van der Waals surface area contributed by atoms with Gasteiger partial charge >= 0.3 is 6.09 Å². The van der Waals surface area contributed by atoms with E-state index >= 15 is 0 Å². The van der Waals surface area contributed by atoms with Crippen molar-refractivity contribution in [1.82, 2.24) is 0 Å². The molecule has 1 aromatic carbocycles. The molecule has 76 valence electrons. The maximum Gasteiger partial charge on any atom is 0.411 e. The molecule has 3 nitrogen and oxygen atoms in total. The van der Waals surface area contributed by atoms with Gasteiger partial charge in [-0.1, -0.05) is 22.0 Å². The van der Waals surface area contributed by atoms with E-state index in [1.54, 1.807) is 6.07 Å². The number of rotatable bonds is 3. The van der Waals surface area contributed by atoms with Crippen LogP contribution in [0.4, 0.5) is 14.9 Å². The second kappa shape index (κ2) is 5.59. The summed E-state index contributed by atoms with van der Waals surface area (Å²) in [6, 6.07) is 5.61. The van der Waals surface area contributed by atoms with Crippen molar-refractivity contribution in [1.29, 1.82) is 0 Å². The Morgan fingerprint density at radius 3 is 3.00 bits per heavy atom. The highest BCUT2D eigenvalue weighted by atomic mass is 79.9. The summed E-state index contributed by atoms with van der Waals surface area (Å²) in [5.74, 6) is -0.400. The minimum Gasteiger partial charge on any atom is -0.448 e. The van der Waals surface area contributed by atoms with Crippen LogP contribution in [-0.2, 0) is 4.74 Å². The number of hydrogen-bond acceptors (Lipinski definition) is 2. The first-order valence-corrected chi connectivity index (χ1v) is 5.10. The molecule has 0 aliphatic rings. The lowest BCUT2D eigenvalue weighted by Crippen LogP contribution is -2.14. The quantitative estimate of drug-likeness (QED) is 0.850. The molecule has 0 saturated heterocycles. The summed E-state index contributed by atoms with van der Waals surface area (Å²) in [6.07, 6.45) is -0.588. The SMILES string of the molecule is O=C(Nc1cccc(F)c1)OCCBr. The Labute approximate surface area is 89.4 Å². The normalized spacial score (nSPS) is 9.57. The number of amides is 1. The van der Waals surface area contributed by atoms with Gasteiger partial charge in [-0.2, -0.15) is 0 Å². The number of hydrogen-bond donors (Lipinski definition) is 1. The van der Waals surface area contributed by atoms with Crippen LogP contribution in [0.3, 0.4) is 0 Å². The third-order valence-electron chi connectivity index (χ3n) is 1.38. The monoisotopic (exact) mass is 261 g/mol. The largest absolute Gasteiger partial charge is 0.448 e. The van der Waals surface area contributed by atoms with Crippen LogP contribution in [0.15, 0.2) is 24.3 Å². The van der Waals surface area contributed by atoms with E-state index in [4.69, 9.17) is 4.74 Å². The molecule has 0 atom stereocenters. The average molecular weight is 262 g/mol. The van der Waals surface area contributed by atoms with Crippen molar-refractivity contribution in [3.8, 4) is 0 Å². The molecule has 1 amide bonds. The number of carbonyl (C=O) groups excluding carboxylic acids is 1. The summed E-state index contributed by atoms with van der Waals surface area (Å²) in [4.78, 5) is 11.0. The molecule has 0 aliphatic carbocycles. The van der Waals surface area contributed by atoms with Gasteiger partial charge in [0.2, 0.25) is 0 Å². The molecule has 0 fully saturated rings. The van der Waals surface area contributed by atoms with Crippen molar-refractivity contribution in [3.05, 3.63) is 30.1 Å². The van der Waals surface area contributed by atoms with Crippen LogP contribution in [0.25, 0.3) is 0 Å². The molecule has 0 aromatic heterocycles. The molecule has 0 heterocycles. The Kier molecular flexibility index (Phi) is 4.39. The Hall–Kier alpha value is -1.10. The Bertz CT molecular complexity index is 319. The van der Waals surface area contributed by atoms with Gasteiger partial charge in [0.1, 0.15) is 12.4 Å². The molecular formula is C9H9BrFNO2. The van der Waals surface area contributed by atoms with Crippen LogP contribution in [0, 0.1) is 5.82 Å². The average Bonchev–Trinajstić information content (AvgIpc) is 2.15. The first-order chi connectivity index (χ1) is 6.72. The Morgan fingerprint density at radius 2 is 2.36 bits per heavy atom. The molecule has 1 rings (SSSR count). The summed E-state index contributed by atoms with van der Waals surface area (Å²) >= 11 is 3.11. The van der Waals surface area contributed by atoms with Gasteiger partial charge in [0.05, 0.1) is 0 Å². The summed E-state index contributed by atoms with van der Waals surface area (Å²) in [5.41, 5.74) is 0.379. The van der Waals surface area contributed by atoms with E-state index in [2.05, 4.69) is 21.2 Å². The summed E-state index contributed by atoms with van der Waals surface area (Å²) in [7, 11) is 0. The number of halogens is 2. The molecule has 0 bridgehead atoms.